The summed E-state index contributed by atoms with van der Waals surface area (Å²) in [6.07, 6.45) is 1.21. The van der Waals surface area contributed by atoms with E-state index in [1.54, 1.807) is 0 Å². The zero-order chi connectivity index (χ0) is 21.7. The number of carbonyl (C=O) groups is 2. The molecule has 1 saturated carbocycles. The zero-order valence-corrected chi connectivity index (χ0v) is 16.9. The van der Waals surface area contributed by atoms with Gasteiger partial charge in [0.1, 0.15) is 0 Å². The van der Waals surface area contributed by atoms with Crippen LogP contribution < -0.4 is 10.6 Å². The Bertz CT molecular complexity index is 890. The number of nitrogens with one attached hydrogen (secondary N) is 2. The van der Waals surface area contributed by atoms with Crippen LogP contribution in [0.2, 0.25) is 5.02 Å². The summed E-state index contributed by atoms with van der Waals surface area (Å²) in [5, 5.41) is 9.38. The molecule has 0 atom stereocenters. The maximum atomic E-state index is 13.6. The average molecular weight is 443 g/mol. The monoisotopic (exact) mass is 442 g/mol. The molecule has 1 aliphatic carbocycles. The Morgan fingerprint density at radius 2 is 1.80 bits per heavy atom. The summed E-state index contributed by atoms with van der Waals surface area (Å²) >= 11 is 5.78. The Kier molecular flexibility index (Phi) is 7.02. The minimum Gasteiger partial charge on any atom is -0.353 e. The largest absolute Gasteiger partial charge is 0.434 e. The van der Waals surface area contributed by atoms with Crippen LogP contribution in [0, 0.1) is 0 Å². The highest BCUT2D eigenvalue weighted by atomic mass is 35.5. The van der Waals surface area contributed by atoms with Crippen molar-refractivity contribution in [2.24, 2.45) is 0 Å². The lowest BCUT2D eigenvalue weighted by Gasteiger charge is -2.22. The van der Waals surface area contributed by atoms with Gasteiger partial charge in [-0.1, -0.05) is 30.9 Å². The van der Waals surface area contributed by atoms with Gasteiger partial charge in [-0.2, -0.15) is 18.3 Å². The quantitative estimate of drug-likeness (QED) is 0.706. The first-order chi connectivity index (χ1) is 14.3. The third-order valence-electron chi connectivity index (χ3n) is 4.96. The Balaban J connectivity index is 1.65. The van der Waals surface area contributed by atoms with Gasteiger partial charge in [0, 0.05) is 24.0 Å². The predicted octanol–water partition coefficient (Wildman–Crippen LogP) is 4.11. The van der Waals surface area contributed by atoms with Crippen LogP contribution >= 0.6 is 11.6 Å². The predicted molar refractivity (Wildman–Crippen MR) is 106 cm³/mol. The fourth-order valence-electron chi connectivity index (χ4n) is 3.50. The Hall–Kier alpha value is -2.55. The molecule has 30 heavy (non-hydrogen) atoms. The topological polar surface area (TPSA) is 76.0 Å². The van der Waals surface area contributed by atoms with Crippen molar-refractivity contribution in [3.05, 3.63) is 46.7 Å². The standard InChI is InChI=1S/C20H22ClF3N4O2/c21-13-6-8-15(9-7-13)28-18(20(22,23)24)16(12-26-28)19(30)25-11-10-17(29)27-14-4-2-1-3-5-14/h6-9,12,14H,1-5,10-11H2,(H,25,30)(H,27,29). The molecular weight excluding hydrogens is 421 g/mol. The minimum atomic E-state index is -4.80. The summed E-state index contributed by atoms with van der Waals surface area (Å²) in [5.41, 5.74) is -1.67. The molecule has 2 aromatic rings. The second kappa shape index (κ2) is 9.51. The van der Waals surface area contributed by atoms with Crippen LogP contribution in [0.1, 0.15) is 54.6 Å². The van der Waals surface area contributed by atoms with Crippen LogP contribution in [-0.2, 0) is 11.0 Å². The van der Waals surface area contributed by atoms with E-state index in [0.29, 0.717) is 9.70 Å². The molecule has 1 heterocycles. The molecule has 1 fully saturated rings. The van der Waals surface area contributed by atoms with Gasteiger partial charge in [0.2, 0.25) is 5.91 Å². The Morgan fingerprint density at radius 3 is 2.43 bits per heavy atom. The number of benzene rings is 1. The molecule has 6 nitrogen and oxygen atoms in total. The molecular formula is C20H22ClF3N4O2. The van der Waals surface area contributed by atoms with Gasteiger partial charge in [0.15, 0.2) is 5.69 Å². The number of alkyl halides is 3. The van der Waals surface area contributed by atoms with Gasteiger partial charge in [-0.05, 0) is 37.1 Å². The van der Waals surface area contributed by atoms with Crippen LogP contribution in [0.15, 0.2) is 30.5 Å². The second-order valence-electron chi connectivity index (χ2n) is 7.20. The number of rotatable bonds is 6. The Morgan fingerprint density at radius 1 is 1.13 bits per heavy atom. The van der Waals surface area contributed by atoms with Crippen molar-refractivity contribution in [1.29, 1.82) is 0 Å². The van der Waals surface area contributed by atoms with E-state index in [2.05, 4.69) is 15.7 Å². The van der Waals surface area contributed by atoms with Gasteiger partial charge >= 0.3 is 6.18 Å². The van der Waals surface area contributed by atoms with Gasteiger partial charge in [-0.3, -0.25) is 9.59 Å². The van der Waals surface area contributed by atoms with Crippen LogP contribution in [-0.4, -0.2) is 34.2 Å². The SMILES string of the molecule is O=C(CCNC(=O)c1cnn(-c2ccc(Cl)cc2)c1C(F)(F)F)NC1CCCCC1. The molecule has 3 rings (SSSR count). The maximum Gasteiger partial charge on any atom is 0.434 e. The van der Waals surface area contributed by atoms with E-state index < -0.39 is 23.3 Å². The fraction of sp³-hybridized carbons (Fsp3) is 0.450. The van der Waals surface area contributed by atoms with E-state index in [1.165, 1.54) is 24.3 Å². The molecule has 0 spiro atoms. The highest BCUT2D eigenvalue weighted by molar-refractivity contribution is 6.30. The highest BCUT2D eigenvalue weighted by Gasteiger charge is 2.40. The summed E-state index contributed by atoms with van der Waals surface area (Å²) in [6, 6.07) is 5.76. The van der Waals surface area contributed by atoms with E-state index in [9.17, 15) is 22.8 Å². The van der Waals surface area contributed by atoms with E-state index in [1.807, 2.05) is 0 Å². The number of hydrogen-bond acceptors (Lipinski definition) is 3. The van der Waals surface area contributed by atoms with Gasteiger partial charge in [0.25, 0.3) is 5.91 Å². The molecule has 1 aliphatic rings. The van der Waals surface area contributed by atoms with E-state index in [4.69, 9.17) is 11.6 Å². The third-order valence-corrected chi connectivity index (χ3v) is 5.21. The summed E-state index contributed by atoms with van der Waals surface area (Å²) in [6.45, 7) is -0.0686. The Labute approximate surface area is 176 Å². The maximum absolute atomic E-state index is 13.6. The van der Waals surface area contributed by atoms with E-state index in [0.717, 1.165) is 38.3 Å². The molecule has 2 amide bonds. The normalized spacial score (nSPS) is 15.1. The van der Waals surface area contributed by atoms with Crippen molar-refractivity contribution in [2.45, 2.75) is 50.7 Å². The summed E-state index contributed by atoms with van der Waals surface area (Å²) in [5.74, 6) is -1.16. The summed E-state index contributed by atoms with van der Waals surface area (Å²) < 4.78 is 41.6. The summed E-state index contributed by atoms with van der Waals surface area (Å²) in [4.78, 5) is 24.4. The number of aromatic nitrogens is 2. The molecule has 162 valence electrons. The van der Waals surface area contributed by atoms with Crippen LogP contribution in [0.5, 0.6) is 0 Å². The number of halogens is 4. The van der Waals surface area contributed by atoms with Crippen molar-refractivity contribution in [3.8, 4) is 5.69 Å². The first-order valence-corrected chi connectivity index (χ1v) is 10.1. The van der Waals surface area contributed by atoms with Crippen molar-refractivity contribution in [3.63, 3.8) is 0 Å². The number of carbonyl (C=O) groups excluding carboxylic acids is 2. The zero-order valence-electron chi connectivity index (χ0n) is 16.1. The third kappa shape index (κ3) is 5.53. The van der Waals surface area contributed by atoms with E-state index >= 15 is 0 Å². The summed E-state index contributed by atoms with van der Waals surface area (Å²) in [7, 11) is 0. The lowest BCUT2D eigenvalue weighted by molar-refractivity contribution is -0.143. The lowest BCUT2D eigenvalue weighted by Crippen LogP contribution is -2.38. The second-order valence-corrected chi connectivity index (χ2v) is 7.64. The van der Waals surface area contributed by atoms with Crippen molar-refractivity contribution in [2.75, 3.05) is 6.54 Å². The molecule has 0 unspecified atom stereocenters. The van der Waals surface area contributed by atoms with Gasteiger partial charge < -0.3 is 10.6 Å². The van der Waals surface area contributed by atoms with Crippen molar-refractivity contribution >= 4 is 23.4 Å². The van der Waals surface area contributed by atoms with Gasteiger partial charge in [0.05, 0.1) is 17.4 Å². The number of amides is 2. The molecule has 2 N–H and O–H groups in total. The first kappa shape index (κ1) is 22.1. The molecule has 1 aromatic carbocycles. The molecule has 0 saturated heterocycles. The minimum absolute atomic E-state index is 0.00505. The molecule has 10 heteroatoms. The molecule has 1 aromatic heterocycles. The van der Waals surface area contributed by atoms with Gasteiger partial charge in [-0.15, -0.1) is 0 Å². The van der Waals surface area contributed by atoms with Crippen molar-refractivity contribution < 1.29 is 22.8 Å². The first-order valence-electron chi connectivity index (χ1n) is 9.74. The number of nitrogens with zero attached hydrogens (tertiary/aromatic N) is 2. The van der Waals surface area contributed by atoms with Crippen LogP contribution in [0.3, 0.4) is 0 Å². The van der Waals surface area contributed by atoms with Gasteiger partial charge in [-0.25, -0.2) is 4.68 Å². The van der Waals surface area contributed by atoms with Crippen molar-refractivity contribution in [1.82, 2.24) is 20.4 Å². The average Bonchev–Trinajstić information content (AvgIpc) is 3.15. The fourth-order valence-corrected chi connectivity index (χ4v) is 3.62. The lowest BCUT2D eigenvalue weighted by atomic mass is 9.95. The van der Waals surface area contributed by atoms with Crippen LogP contribution in [0.4, 0.5) is 13.2 Å². The highest BCUT2D eigenvalue weighted by Crippen LogP contribution is 2.33. The van der Waals surface area contributed by atoms with E-state index in [-0.39, 0.29) is 30.6 Å². The smallest absolute Gasteiger partial charge is 0.353 e. The van der Waals surface area contributed by atoms with Crippen LogP contribution in [0.25, 0.3) is 5.69 Å². The molecule has 0 radical (unpaired) electrons. The number of hydrogen-bond donors (Lipinski definition) is 2. The molecule has 0 bridgehead atoms. The molecule has 0 aliphatic heterocycles.